The first-order valence-corrected chi connectivity index (χ1v) is 8.54. The molecule has 1 aromatic heterocycles. The van der Waals surface area contributed by atoms with Crippen molar-refractivity contribution < 1.29 is 9.59 Å². The predicted molar refractivity (Wildman–Crippen MR) is 89.5 cm³/mol. The van der Waals surface area contributed by atoms with Crippen molar-refractivity contribution in [2.75, 3.05) is 26.2 Å². The number of benzene rings is 1. The Morgan fingerprint density at radius 3 is 2.39 bits per heavy atom. The number of amides is 2. The lowest BCUT2D eigenvalue weighted by Gasteiger charge is -2.33. The molecule has 1 aliphatic heterocycles. The summed E-state index contributed by atoms with van der Waals surface area (Å²) in [6.45, 7) is 3.91. The molecule has 0 atom stereocenters. The van der Waals surface area contributed by atoms with Crippen LogP contribution in [0.5, 0.6) is 0 Å². The van der Waals surface area contributed by atoms with Crippen molar-refractivity contribution in [3.8, 4) is 0 Å². The van der Waals surface area contributed by atoms with Crippen molar-refractivity contribution in [1.29, 1.82) is 0 Å². The summed E-state index contributed by atoms with van der Waals surface area (Å²) in [7, 11) is 0. The van der Waals surface area contributed by atoms with Crippen molar-refractivity contribution in [2.24, 2.45) is 0 Å². The van der Waals surface area contributed by atoms with Crippen LogP contribution in [0.3, 0.4) is 0 Å². The van der Waals surface area contributed by atoms with Gasteiger partial charge < -0.3 is 9.80 Å². The van der Waals surface area contributed by atoms with E-state index in [1.165, 1.54) is 16.9 Å². The van der Waals surface area contributed by atoms with Crippen molar-refractivity contribution in [2.45, 2.75) is 13.3 Å². The number of carbonyl (C=O) groups is 2. The summed E-state index contributed by atoms with van der Waals surface area (Å²) in [5, 5.41) is 2.78. The fourth-order valence-electron chi connectivity index (χ4n) is 2.65. The maximum absolute atomic E-state index is 12.5. The SMILES string of the molecule is CC(=O)N1CCN(C(=O)c2csc(Cc3ccccc3)n2)CC1. The van der Waals surface area contributed by atoms with Crippen LogP contribution in [-0.2, 0) is 11.2 Å². The lowest BCUT2D eigenvalue weighted by Crippen LogP contribution is -2.50. The van der Waals surface area contributed by atoms with E-state index >= 15 is 0 Å². The highest BCUT2D eigenvalue weighted by Gasteiger charge is 2.24. The standard InChI is InChI=1S/C17H19N3O2S/c1-13(21)19-7-9-20(10-8-19)17(22)15-12-23-16(18-15)11-14-5-3-2-4-6-14/h2-6,12H,7-11H2,1H3. The first kappa shape index (κ1) is 15.7. The van der Waals surface area contributed by atoms with Gasteiger partial charge in [-0.2, -0.15) is 0 Å². The van der Waals surface area contributed by atoms with E-state index in [9.17, 15) is 9.59 Å². The highest BCUT2D eigenvalue weighted by molar-refractivity contribution is 7.09. The highest BCUT2D eigenvalue weighted by atomic mass is 32.1. The molecule has 120 valence electrons. The van der Waals surface area contributed by atoms with Gasteiger partial charge in [-0.25, -0.2) is 4.98 Å². The normalized spacial score (nSPS) is 14.8. The van der Waals surface area contributed by atoms with Crippen molar-refractivity contribution in [3.05, 3.63) is 52.0 Å². The summed E-state index contributed by atoms with van der Waals surface area (Å²) in [5.41, 5.74) is 1.70. The molecule has 0 radical (unpaired) electrons. The third kappa shape index (κ3) is 3.76. The minimum Gasteiger partial charge on any atom is -0.339 e. The first-order chi connectivity index (χ1) is 11.1. The van der Waals surface area contributed by atoms with E-state index in [0.29, 0.717) is 31.9 Å². The lowest BCUT2D eigenvalue weighted by atomic mass is 10.2. The minimum atomic E-state index is -0.0382. The molecule has 0 N–H and O–H groups in total. The van der Waals surface area contributed by atoms with Crippen LogP contribution in [0.25, 0.3) is 0 Å². The van der Waals surface area contributed by atoms with Gasteiger partial charge in [-0.15, -0.1) is 11.3 Å². The molecule has 2 amide bonds. The Labute approximate surface area is 139 Å². The Morgan fingerprint density at radius 1 is 1.09 bits per heavy atom. The molecule has 1 aliphatic rings. The van der Waals surface area contributed by atoms with E-state index in [0.717, 1.165) is 11.4 Å². The van der Waals surface area contributed by atoms with Gasteiger partial charge in [0, 0.05) is 44.9 Å². The Balaban J connectivity index is 1.62. The number of hydrogen-bond donors (Lipinski definition) is 0. The summed E-state index contributed by atoms with van der Waals surface area (Å²) < 4.78 is 0. The highest BCUT2D eigenvalue weighted by Crippen LogP contribution is 2.17. The zero-order chi connectivity index (χ0) is 16.2. The molecule has 5 nitrogen and oxygen atoms in total. The smallest absolute Gasteiger partial charge is 0.273 e. The topological polar surface area (TPSA) is 53.5 Å². The molecule has 1 fully saturated rings. The number of carbonyl (C=O) groups excluding carboxylic acids is 2. The monoisotopic (exact) mass is 329 g/mol. The summed E-state index contributed by atoms with van der Waals surface area (Å²) in [5.74, 6) is 0.0275. The largest absolute Gasteiger partial charge is 0.339 e. The molecule has 23 heavy (non-hydrogen) atoms. The van der Waals surface area contributed by atoms with Gasteiger partial charge in [0.1, 0.15) is 5.69 Å². The average molecular weight is 329 g/mol. The molecular weight excluding hydrogens is 310 g/mol. The second kappa shape index (κ2) is 6.91. The molecule has 0 unspecified atom stereocenters. The van der Waals surface area contributed by atoms with Crippen LogP contribution in [0.15, 0.2) is 35.7 Å². The van der Waals surface area contributed by atoms with Gasteiger partial charge in [-0.3, -0.25) is 9.59 Å². The number of hydrogen-bond acceptors (Lipinski definition) is 4. The number of rotatable bonds is 3. The maximum atomic E-state index is 12.5. The second-order valence-electron chi connectivity index (χ2n) is 5.59. The third-order valence-electron chi connectivity index (χ3n) is 3.98. The third-order valence-corrected chi connectivity index (χ3v) is 4.83. The van der Waals surface area contributed by atoms with Crippen molar-refractivity contribution in [1.82, 2.24) is 14.8 Å². The quantitative estimate of drug-likeness (QED) is 0.866. The van der Waals surface area contributed by atoms with E-state index in [1.54, 1.807) is 16.7 Å². The maximum Gasteiger partial charge on any atom is 0.273 e. The van der Waals surface area contributed by atoms with Crippen molar-refractivity contribution in [3.63, 3.8) is 0 Å². The van der Waals surface area contributed by atoms with Gasteiger partial charge in [0.05, 0.1) is 5.01 Å². The molecule has 3 rings (SSSR count). The van der Waals surface area contributed by atoms with Crippen LogP contribution in [0.1, 0.15) is 28.0 Å². The molecular formula is C17H19N3O2S. The average Bonchev–Trinajstić information content (AvgIpc) is 3.03. The summed E-state index contributed by atoms with van der Waals surface area (Å²) in [6, 6.07) is 10.1. The minimum absolute atomic E-state index is 0.0382. The Hall–Kier alpha value is -2.21. The van der Waals surface area contributed by atoms with Crippen LogP contribution >= 0.6 is 11.3 Å². The zero-order valence-corrected chi connectivity index (χ0v) is 13.9. The fraction of sp³-hybridized carbons (Fsp3) is 0.353. The van der Waals surface area contributed by atoms with Gasteiger partial charge >= 0.3 is 0 Å². The zero-order valence-electron chi connectivity index (χ0n) is 13.1. The molecule has 0 aliphatic carbocycles. The molecule has 6 heteroatoms. The van der Waals surface area contributed by atoms with Crippen LogP contribution in [0.4, 0.5) is 0 Å². The van der Waals surface area contributed by atoms with Gasteiger partial charge in [0.15, 0.2) is 0 Å². The number of piperazine rings is 1. The molecule has 0 spiro atoms. The first-order valence-electron chi connectivity index (χ1n) is 7.66. The Morgan fingerprint density at radius 2 is 1.74 bits per heavy atom. The van der Waals surface area contributed by atoms with E-state index in [1.807, 2.05) is 23.6 Å². The predicted octanol–water partition coefficient (Wildman–Crippen LogP) is 2.04. The van der Waals surface area contributed by atoms with E-state index in [4.69, 9.17) is 0 Å². The van der Waals surface area contributed by atoms with Crippen molar-refractivity contribution >= 4 is 23.2 Å². The molecule has 0 bridgehead atoms. The summed E-state index contributed by atoms with van der Waals surface area (Å²) in [4.78, 5) is 31.9. The summed E-state index contributed by atoms with van der Waals surface area (Å²) >= 11 is 1.52. The van der Waals surface area contributed by atoms with Crippen LogP contribution < -0.4 is 0 Å². The fourth-order valence-corrected chi connectivity index (χ4v) is 3.45. The summed E-state index contributed by atoms with van der Waals surface area (Å²) in [6.07, 6.45) is 0.747. The van der Waals surface area contributed by atoms with Gasteiger partial charge in [-0.05, 0) is 5.56 Å². The van der Waals surface area contributed by atoms with Crippen LogP contribution in [0.2, 0.25) is 0 Å². The lowest BCUT2D eigenvalue weighted by molar-refractivity contribution is -0.130. The van der Waals surface area contributed by atoms with E-state index in [-0.39, 0.29) is 11.8 Å². The van der Waals surface area contributed by atoms with E-state index < -0.39 is 0 Å². The van der Waals surface area contributed by atoms with Crippen LogP contribution in [0, 0.1) is 0 Å². The van der Waals surface area contributed by atoms with Gasteiger partial charge in [0.2, 0.25) is 5.91 Å². The van der Waals surface area contributed by atoms with Crippen LogP contribution in [-0.4, -0.2) is 52.8 Å². The van der Waals surface area contributed by atoms with E-state index in [2.05, 4.69) is 17.1 Å². The molecule has 2 heterocycles. The molecule has 1 aromatic carbocycles. The Kier molecular flexibility index (Phi) is 4.71. The second-order valence-corrected chi connectivity index (χ2v) is 6.53. The number of aromatic nitrogens is 1. The molecule has 1 saturated heterocycles. The Bertz CT molecular complexity index is 691. The van der Waals surface area contributed by atoms with Gasteiger partial charge in [-0.1, -0.05) is 30.3 Å². The number of nitrogens with zero attached hydrogens (tertiary/aromatic N) is 3. The molecule has 2 aromatic rings. The number of thiazole rings is 1. The van der Waals surface area contributed by atoms with Gasteiger partial charge in [0.25, 0.3) is 5.91 Å². The molecule has 0 saturated carbocycles.